The average molecular weight is 388 g/mol. The molecule has 1 atom stereocenters. The number of sulfonamides is 1. The number of amides is 1. The molecule has 1 aliphatic rings. The Bertz CT molecular complexity index is 884. The molecule has 1 aliphatic heterocycles. The minimum absolute atomic E-state index is 0.0469. The molecule has 0 aliphatic carbocycles. The molecule has 1 saturated heterocycles. The van der Waals surface area contributed by atoms with Gasteiger partial charge in [-0.2, -0.15) is 0 Å². The molecule has 1 amide bonds. The highest BCUT2D eigenvalue weighted by molar-refractivity contribution is 7.88. The Morgan fingerprint density at radius 3 is 2.59 bits per heavy atom. The maximum Gasteiger partial charge on any atom is 0.228 e. The molecule has 6 nitrogen and oxygen atoms in total. The summed E-state index contributed by atoms with van der Waals surface area (Å²) in [5.41, 5.74) is 1.34. The lowest BCUT2D eigenvalue weighted by atomic mass is 9.98. The normalized spacial score (nSPS) is 18.0. The molecule has 2 aromatic carbocycles. The van der Waals surface area contributed by atoms with Gasteiger partial charge in [0.2, 0.25) is 15.9 Å². The van der Waals surface area contributed by atoms with Crippen LogP contribution in [0.1, 0.15) is 18.4 Å². The van der Waals surface area contributed by atoms with Crippen molar-refractivity contribution >= 4 is 21.6 Å². The number of benzene rings is 2. The van der Waals surface area contributed by atoms with Gasteiger partial charge in [0, 0.05) is 13.1 Å². The fourth-order valence-electron chi connectivity index (χ4n) is 3.27. The highest BCUT2D eigenvalue weighted by Crippen LogP contribution is 2.26. The zero-order chi connectivity index (χ0) is 19.3. The van der Waals surface area contributed by atoms with Crippen molar-refractivity contribution in [1.29, 1.82) is 0 Å². The van der Waals surface area contributed by atoms with Gasteiger partial charge >= 0.3 is 0 Å². The molecule has 0 radical (unpaired) electrons. The molecule has 1 heterocycles. The molecule has 1 N–H and O–H groups in total. The molecule has 2 aromatic rings. The number of nitrogens with one attached hydrogen (secondary N) is 1. The highest BCUT2D eigenvalue weighted by Gasteiger charge is 2.32. The molecular formula is C20H24N2O4S. The van der Waals surface area contributed by atoms with Crippen LogP contribution in [0.5, 0.6) is 5.75 Å². The van der Waals surface area contributed by atoms with Crippen LogP contribution < -0.4 is 10.1 Å². The monoisotopic (exact) mass is 388 g/mol. The highest BCUT2D eigenvalue weighted by atomic mass is 32.2. The SMILES string of the molecule is COc1ccccc1NC(=O)[C@@H]1CCCN(S(=O)(=O)Cc2ccccc2)C1. The zero-order valence-corrected chi connectivity index (χ0v) is 16.1. The molecule has 1 fully saturated rings. The third-order valence-electron chi connectivity index (χ3n) is 4.71. The minimum Gasteiger partial charge on any atom is -0.495 e. The summed E-state index contributed by atoms with van der Waals surface area (Å²) in [5, 5.41) is 2.87. The van der Waals surface area contributed by atoms with Gasteiger partial charge in [0.1, 0.15) is 5.75 Å². The molecule has 0 spiro atoms. The Morgan fingerprint density at radius 1 is 1.15 bits per heavy atom. The van der Waals surface area contributed by atoms with E-state index in [0.29, 0.717) is 30.8 Å². The van der Waals surface area contributed by atoms with E-state index >= 15 is 0 Å². The number of hydrogen-bond donors (Lipinski definition) is 1. The van der Waals surface area contributed by atoms with Crippen molar-refractivity contribution in [1.82, 2.24) is 4.31 Å². The fraction of sp³-hybridized carbons (Fsp3) is 0.350. The van der Waals surface area contributed by atoms with Crippen LogP contribution in [0.15, 0.2) is 54.6 Å². The van der Waals surface area contributed by atoms with Gasteiger partial charge in [-0.1, -0.05) is 42.5 Å². The second kappa shape index (κ2) is 8.54. The summed E-state index contributed by atoms with van der Waals surface area (Å²) in [6.07, 6.45) is 1.33. The average Bonchev–Trinajstić information content (AvgIpc) is 2.69. The van der Waals surface area contributed by atoms with Gasteiger partial charge in [0.25, 0.3) is 0 Å². The van der Waals surface area contributed by atoms with Crippen LogP contribution in [0.4, 0.5) is 5.69 Å². The number of piperidine rings is 1. The number of hydrogen-bond acceptors (Lipinski definition) is 4. The van der Waals surface area contributed by atoms with E-state index in [9.17, 15) is 13.2 Å². The lowest BCUT2D eigenvalue weighted by Crippen LogP contribution is -2.44. The first kappa shape index (κ1) is 19.4. The summed E-state index contributed by atoms with van der Waals surface area (Å²) in [4.78, 5) is 12.7. The van der Waals surface area contributed by atoms with Crippen LogP contribution >= 0.6 is 0 Å². The van der Waals surface area contributed by atoms with Crippen molar-refractivity contribution in [2.24, 2.45) is 5.92 Å². The van der Waals surface area contributed by atoms with Gasteiger partial charge in [0.15, 0.2) is 0 Å². The third-order valence-corrected chi connectivity index (χ3v) is 6.52. The molecule has 27 heavy (non-hydrogen) atoms. The van der Waals surface area contributed by atoms with Crippen LogP contribution in [0.2, 0.25) is 0 Å². The van der Waals surface area contributed by atoms with Gasteiger partial charge in [-0.05, 0) is 30.5 Å². The van der Waals surface area contributed by atoms with Gasteiger partial charge in [-0.3, -0.25) is 4.79 Å². The Hall–Kier alpha value is -2.38. The third kappa shape index (κ3) is 4.87. The summed E-state index contributed by atoms with van der Waals surface area (Å²) in [7, 11) is -1.91. The Balaban J connectivity index is 1.67. The van der Waals surface area contributed by atoms with E-state index in [-0.39, 0.29) is 24.1 Å². The van der Waals surface area contributed by atoms with E-state index in [2.05, 4.69) is 5.32 Å². The van der Waals surface area contributed by atoms with Gasteiger partial charge in [-0.25, -0.2) is 12.7 Å². The molecular weight excluding hydrogens is 364 g/mol. The van der Waals surface area contributed by atoms with Gasteiger partial charge < -0.3 is 10.1 Å². The number of ether oxygens (including phenoxy) is 1. The molecule has 0 unspecified atom stereocenters. The minimum atomic E-state index is -3.46. The predicted octanol–water partition coefficient (Wildman–Crippen LogP) is 2.88. The first-order chi connectivity index (χ1) is 13.0. The number of carbonyl (C=O) groups excluding carboxylic acids is 1. The molecule has 3 rings (SSSR count). The number of methoxy groups -OCH3 is 1. The lowest BCUT2D eigenvalue weighted by molar-refractivity contribution is -0.120. The number of carbonyl (C=O) groups is 1. The Morgan fingerprint density at radius 2 is 1.85 bits per heavy atom. The molecule has 0 saturated carbocycles. The van der Waals surface area contributed by atoms with Crippen molar-refractivity contribution in [3.8, 4) is 5.75 Å². The van der Waals surface area contributed by atoms with Crippen LogP contribution in [-0.4, -0.2) is 38.8 Å². The predicted molar refractivity (Wildman–Crippen MR) is 105 cm³/mol. The van der Waals surface area contributed by atoms with Crippen molar-refractivity contribution in [3.05, 3.63) is 60.2 Å². The smallest absolute Gasteiger partial charge is 0.228 e. The van der Waals surface area contributed by atoms with Crippen molar-refractivity contribution < 1.29 is 17.9 Å². The summed E-state index contributed by atoms with van der Waals surface area (Å²) >= 11 is 0. The van der Waals surface area contributed by atoms with Crippen molar-refractivity contribution in [2.45, 2.75) is 18.6 Å². The first-order valence-electron chi connectivity index (χ1n) is 8.95. The van der Waals surface area contributed by atoms with E-state index in [1.165, 1.54) is 4.31 Å². The van der Waals surface area contributed by atoms with Crippen LogP contribution in [0, 0.1) is 5.92 Å². The lowest BCUT2D eigenvalue weighted by Gasteiger charge is -2.31. The summed E-state index contributed by atoms with van der Waals surface area (Å²) in [6, 6.07) is 16.3. The second-order valence-electron chi connectivity index (χ2n) is 6.63. The van der Waals surface area contributed by atoms with Gasteiger partial charge in [0.05, 0.1) is 24.5 Å². The first-order valence-corrected chi connectivity index (χ1v) is 10.6. The number of anilines is 1. The molecule has 0 aromatic heterocycles. The van der Waals surface area contributed by atoms with Crippen LogP contribution in [0.3, 0.4) is 0 Å². The summed E-state index contributed by atoms with van der Waals surface area (Å²) in [5.74, 6) is -0.0298. The van der Waals surface area contributed by atoms with Crippen molar-refractivity contribution in [2.75, 3.05) is 25.5 Å². The maximum absolute atomic E-state index is 12.8. The number of para-hydroxylation sites is 2. The topological polar surface area (TPSA) is 75.7 Å². The summed E-state index contributed by atoms with van der Waals surface area (Å²) < 4.78 is 32.2. The maximum atomic E-state index is 12.8. The standard InChI is InChI=1S/C20H24N2O4S/c1-26-19-12-6-5-11-18(19)21-20(23)17-10-7-13-22(14-17)27(24,25)15-16-8-3-2-4-9-16/h2-6,8-9,11-12,17H,7,10,13-15H2,1H3,(H,21,23)/t17-/m1/s1. The van der Waals surface area contributed by atoms with E-state index in [1.54, 1.807) is 31.4 Å². The fourth-order valence-corrected chi connectivity index (χ4v) is 4.88. The molecule has 0 bridgehead atoms. The molecule has 7 heteroatoms. The number of rotatable bonds is 6. The number of nitrogens with zero attached hydrogens (tertiary/aromatic N) is 1. The second-order valence-corrected chi connectivity index (χ2v) is 8.60. The van der Waals surface area contributed by atoms with E-state index in [4.69, 9.17) is 4.74 Å². The molecule has 144 valence electrons. The largest absolute Gasteiger partial charge is 0.495 e. The Labute approximate surface area is 160 Å². The van der Waals surface area contributed by atoms with E-state index in [0.717, 1.165) is 5.56 Å². The van der Waals surface area contributed by atoms with Crippen LogP contribution in [-0.2, 0) is 20.6 Å². The van der Waals surface area contributed by atoms with Crippen LogP contribution in [0.25, 0.3) is 0 Å². The Kier molecular flexibility index (Phi) is 6.13. The quantitative estimate of drug-likeness (QED) is 0.826. The van der Waals surface area contributed by atoms with E-state index in [1.807, 2.05) is 30.3 Å². The van der Waals surface area contributed by atoms with Gasteiger partial charge in [-0.15, -0.1) is 0 Å². The van der Waals surface area contributed by atoms with Crippen molar-refractivity contribution in [3.63, 3.8) is 0 Å². The van der Waals surface area contributed by atoms with E-state index < -0.39 is 10.0 Å². The zero-order valence-electron chi connectivity index (χ0n) is 15.3. The summed E-state index contributed by atoms with van der Waals surface area (Å²) in [6.45, 7) is 0.657.